The van der Waals surface area contributed by atoms with Crippen molar-refractivity contribution in [1.82, 2.24) is 0 Å². The second-order valence-corrected chi connectivity index (χ2v) is 7.33. The lowest BCUT2D eigenvalue weighted by Gasteiger charge is -2.32. The summed E-state index contributed by atoms with van der Waals surface area (Å²) in [5, 5.41) is 0. The minimum Gasteiger partial charge on any atom is -0.400 e. The molecule has 2 N–H and O–H groups in total. The molecule has 1 aromatic rings. The summed E-state index contributed by atoms with van der Waals surface area (Å²) in [5.41, 5.74) is 7.41. The van der Waals surface area contributed by atoms with Gasteiger partial charge in [0, 0.05) is 5.54 Å². The minimum absolute atomic E-state index is 0.296. The van der Waals surface area contributed by atoms with Crippen molar-refractivity contribution in [3.8, 4) is 0 Å². The fraction of sp³-hybridized carbons (Fsp3) is 0.529. The zero-order valence-corrected chi connectivity index (χ0v) is 13.9. The predicted molar refractivity (Wildman–Crippen MR) is 88.8 cm³/mol. The molecule has 1 saturated heterocycles. The fourth-order valence-electron chi connectivity index (χ4n) is 2.18. The van der Waals surface area contributed by atoms with E-state index in [1.807, 2.05) is 25.9 Å². The summed E-state index contributed by atoms with van der Waals surface area (Å²) >= 11 is 0. The largest absolute Gasteiger partial charge is 0.487 e. The molecule has 1 heterocycles. The van der Waals surface area contributed by atoms with Crippen molar-refractivity contribution in [3.05, 3.63) is 41.4 Å². The third-order valence-corrected chi connectivity index (χ3v) is 4.37. The summed E-state index contributed by atoms with van der Waals surface area (Å²) in [6.45, 7) is 12.2. The topological polar surface area (TPSA) is 44.5 Å². The molecule has 0 unspecified atom stereocenters. The maximum Gasteiger partial charge on any atom is 0.487 e. The van der Waals surface area contributed by atoms with Crippen molar-refractivity contribution in [2.45, 2.75) is 58.3 Å². The molecule has 1 fully saturated rings. The van der Waals surface area contributed by atoms with Gasteiger partial charge in [-0.25, -0.2) is 0 Å². The second-order valence-electron chi connectivity index (χ2n) is 7.33. The van der Waals surface area contributed by atoms with Gasteiger partial charge in [-0.15, -0.1) is 0 Å². The van der Waals surface area contributed by atoms with Crippen LogP contribution in [0.3, 0.4) is 0 Å². The van der Waals surface area contributed by atoms with E-state index < -0.39 is 0 Å². The van der Waals surface area contributed by atoms with E-state index in [9.17, 15) is 0 Å². The average Bonchev–Trinajstić information content (AvgIpc) is 2.55. The van der Waals surface area contributed by atoms with Crippen LogP contribution >= 0.6 is 0 Å². The van der Waals surface area contributed by atoms with E-state index in [0.29, 0.717) is 0 Å². The highest BCUT2D eigenvalue weighted by Gasteiger charge is 2.49. The highest BCUT2D eigenvalue weighted by Crippen LogP contribution is 2.37. The molecule has 0 aliphatic carbocycles. The second kappa shape index (κ2) is 5.27. The van der Waals surface area contributed by atoms with E-state index in [-0.39, 0.29) is 23.9 Å². The van der Waals surface area contributed by atoms with Gasteiger partial charge in [0.1, 0.15) is 0 Å². The fourth-order valence-corrected chi connectivity index (χ4v) is 2.18. The molecule has 3 nitrogen and oxygen atoms in total. The standard InChI is InChI=1S/C17H26BNO2/c1-15(2,19)14-9-7-13(8-10-14)11-12-18-20-16(3,4)17(5,6)21-18/h7-12H,19H2,1-6H3/b12-11+. The van der Waals surface area contributed by atoms with E-state index in [4.69, 9.17) is 15.0 Å². The molecule has 0 bridgehead atoms. The highest BCUT2D eigenvalue weighted by atomic mass is 16.7. The average molecular weight is 287 g/mol. The Balaban J connectivity index is 2.06. The number of hydrogen-bond donors (Lipinski definition) is 1. The Morgan fingerprint density at radius 3 is 1.90 bits per heavy atom. The van der Waals surface area contributed by atoms with Crippen LogP contribution in [-0.4, -0.2) is 18.3 Å². The van der Waals surface area contributed by atoms with E-state index in [1.54, 1.807) is 0 Å². The molecule has 2 rings (SSSR count). The molecule has 21 heavy (non-hydrogen) atoms. The maximum atomic E-state index is 6.08. The first kappa shape index (κ1) is 16.3. The van der Waals surface area contributed by atoms with Crippen LogP contribution < -0.4 is 5.73 Å². The summed E-state index contributed by atoms with van der Waals surface area (Å²) in [6, 6.07) is 8.24. The number of benzene rings is 1. The summed E-state index contributed by atoms with van der Waals surface area (Å²) in [5.74, 6) is 1.96. The first-order chi connectivity index (χ1) is 9.51. The van der Waals surface area contributed by atoms with Gasteiger partial charge in [0.05, 0.1) is 11.2 Å². The SMILES string of the molecule is CC(C)(N)c1ccc(/C=C/B2OC(C)(C)C(C)(C)O2)cc1. The number of rotatable bonds is 3. The highest BCUT2D eigenvalue weighted by molar-refractivity contribution is 6.52. The van der Waals surface area contributed by atoms with Gasteiger partial charge in [0.15, 0.2) is 0 Å². The normalized spacial score (nSPS) is 21.2. The summed E-state index contributed by atoms with van der Waals surface area (Å²) in [4.78, 5) is 0. The summed E-state index contributed by atoms with van der Waals surface area (Å²) in [7, 11) is -0.305. The number of hydrogen-bond acceptors (Lipinski definition) is 3. The minimum atomic E-state index is -0.312. The molecular formula is C17H26BNO2. The Hall–Kier alpha value is -1.10. The third-order valence-electron chi connectivity index (χ3n) is 4.37. The number of nitrogens with two attached hydrogens (primary N) is 1. The summed E-state index contributed by atoms with van der Waals surface area (Å²) in [6.07, 6.45) is 2.02. The molecule has 1 aliphatic heterocycles. The van der Waals surface area contributed by atoms with Gasteiger partial charge in [-0.05, 0) is 52.7 Å². The molecule has 1 aliphatic rings. The van der Waals surface area contributed by atoms with Crippen molar-refractivity contribution < 1.29 is 9.31 Å². The van der Waals surface area contributed by atoms with Gasteiger partial charge in [-0.2, -0.15) is 0 Å². The van der Waals surface area contributed by atoms with Gasteiger partial charge in [-0.1, -0.05) is 36.3 Å². The van der Waals surface area contributed by atoms with Crippen molar-refractivity contribution in [2.75, 3.05) is 0 Å². The Kier molecular flexibility index (Phi) is 4.09. The lowest BCUT2D eigenvalue weighted by molar-refractivity contribution is 0.00578. The Labute approximate surface area is 128 Å². The van der Waals surface area contributed by atoms with Crippen molar-refractivity contribution in [1.29, 1.82) is 0 Å². The summed E-state index contributed by atoms with van der Waals surface area (Å²) < 4.78 is 11.9. The molecular weight excluding hydrogens is 261 g/mol. The molecule has 0 atom stereocenters. The van der Waals surface area contributed by atoms with E-state index in [2.05, 4.69) is 52.0 Å². The van der Waals surface area contributed by atoms with Crippen LogP contribution in [0.5, 0.6) is 0 Å². The van der Waals surface area contributed by atoms with Crippen molar-refractivity contribution >= 4 is 13.2 Å². The predicted octanol–water partition coefficient (Wildman–Crippen LogP) is 3.53. The molecule has 1 aromatic carbocycles. The van der Waals surface area contributed by atoms with Crippen LogP contribution in [0.1, 0.15) is 52.7 Å². The lowest BCUT2D eigenvalue weighted by atomic mass is 9.88. The Morgan fingerprint density at radius 2 is 1.48 bits per heavy atom. The molecule has 0 saturated carbocycles. The molecule has 0 aromatic heterocycles. The van der Waals surface area contributed by atoms with Crippen LogP contribution in [0.4, 0.5) is 0 Å². The van der Waals surface area contributed by atoms with E-state index in [1.165, 1.54) is 0 Å². The van der Waals surface area contributed by atoms with Gasteiger partial charge >= 0.3 is 7.12 Å². The molecule has 0 amide bonds. The molecule has 114 valence electrons. The van der Waals surface area contributed by atoms with Crippen LogP contribution in [0, 0.1) is 0 Å². The quantitative estimate of drug-likeness (QED) is 0.865. The van der Waals surface area contributed by atoms with Gasteiger partial charge in [-0.3, -0.25) is 0 Å². The first-order valence-electron chi connectivity index (χ1n) is 7.45. The first-order valence-corrected chi connectivity index (χ1v) is 7.45. The molecule has 0 radical (unpaired) electrons. The van der Waals surface area contributed by atoms with Crippen LogP contribution in [0.2, 0.25) is 0 Å². The van der Waals surface area contributed by atoms with E-state index in [0.717, 1.165) is 11.1 Å². The van der Waals surface area contributed by atoms with Crippen molar-refractivity contribution in [3.63, 3.8) is 0 Å². The lowest BCUT2D eigenvalue weighted by Crippen LogP contribution is -2.41. The zero-order chi connectivity index (χ0) is 15.9. The Bertz CT molecular complexity index is 511. The van der Waals surface area contributed by atoms with Crippen LogP contribution in [0.25, 0.3) is 6.08 Å². The smallest absolute Gasteiger partial charge is 0.400 e. The zero-order valence-electron chi connectivity index (χ0n) is 13.9. The molecule has 0 spiro atoms. The third kappa shape index (κ3) is 3.57. The Morgan fingerprint density at radius 1 is 1.00 bits per heavy atom. The van der Waals surface area contributed by atoms with E-state index >= 15 is 0 Å². The van der Waals surface area contributed by atoms with Gasteiger partial charge in [0.25, 0.3) is 0 Å². The van der Waals surface area contributed by atoms with Crippen LogP contribution in [0.15, 0.2) is 30.2 Å². The molecule has 4 heteroatoms. The van der Waals surface area contributed by atoms with Gasteiger partial charge < -0.3 is 15.0 Å². The monoisotopic (exact) mass is 287 g/mol. The van der Waals surface area contributed by atoms with Crippen molar-refractivity contribution in [2.24, 2.45) is 5.73 Å². The van der Waals surface area contributed by atoms with Crippen LogP contribution in [-0.2, 0) is 14.8 Å². The maximum absolute atomic E-state index is 6.08. The van der Waals surface area contributed by atoms with Gasteiger partial charge in [0.2, 0.25) is 0 Å².